The van der Waals surface area contributed by atoms with Crippen molar-refractivity contribution in [1.82, 2.24) is 0 Å². The first-order valence-corrected chi connectivity index (χ1v) is 8.38. The highest BCUT2D eigenvalue weighted by atomic mass is 35.5. The van der Waals surface area contributed by atoms with E-state index in [-0.39, 0.29) is 10.9 Å². The lowest BCUT2D eigenvalue weighted by atomic mass is 10.1. The summed E-state index contributed by atoms with van der Waals surface area (Å²) in [5.74, 6) is -0.464. The molecule has 0 aliphatic rings. The molecule has 7 heteroatoms. The number of carbonyl (C=O) groups is 1. The summed E-state index contributed by atoms with van der Waals surface area (Å²) in [6.07, 6.45) is -4.58. The molecule has 0 radical (unpaired) electrons. The van der Waals surface area contributed by atoms with Crippen LogP contribution in [0.15, 0.2) is 47.4 Å². The van der Waals surface area contributed by atoms with E-state index in [1.807, 2.05) is 26.0 Å². The normalized spacial score (nSPS) is 11.6. The fourth-order valence-electron chi connectivity index (χ4n) is 2.03. The molecule has 0 saturated heterocycles. The number of anilines is 1. The highest BCUT2D eigenvalue weighted by molar-refractivity contribution is 8.00. The fourth-order valence-corrected chi connectivity index (χ4v) is 3.21. The molecule has 1 N–H and O–H groups in total. The molecule has 128 valence electrons. The molecular formula is C17H15ClF3NOS. The van der Waals surface area contributed by atoms with Gasteiger partial charge in [0.2, 0.25) is 0 Å². The van der Waals surface area contributed by atoms with Crippen LogP contribution < -0.4 is 5.32 Å². The standard InChI is InChI=1S/C17H15ClF3NOS/c1-10(2)24-15-6-4-3-5-12(15)16(23)22-11-7-8-14(18)13(9-11)17(19,20)21/h3-10H,1-2H3,(H,22,23). The highest BCUT2D eigenvalue weighted by Crippen LogP contribution is 2.36. The molecule has 0 unspecified atom stereocenters. The van der Waals surface area contributed by atoms with E-state index in [1.54, 1.807) is 12.1 Å². The second-order valence-corrected chi connectivity index (χ2v) is 7.33. The second kappa shape index (κ2) is 7.49. The zero-order valence-corrected chi connectivity index (χ0v) is 14.5. The smallest absolute Gasteiger partial charge is 0.322 e. The van der Waals surface area contributed by atoms with Crippen LogP contribution in [0, 0.1) is 0 Å². The van der Waals surface area contributed by atoms with Gasteiger partial charge in [0.1, 0.15) is 0 Å². The molecule has 0 fully saturated rings. The predicted molar refractivity (Wildman–Crippen MR) is 91.8 cm³/mol. The Balaban J connectivity index is 2.28. The average Bonchev–Trinajstić information content (AvgIpc) is 2.48. The maximum Gasteiger partial charge on any atom is 0.417 e. The molecule has 0 aliphatic heterocycles. The Morgan fingerprint density at radius 1 is 1.17 bits per heavy atom. The molecule has 0 spiro atoms. The number of alkyl halides is 3. The number of hydrogen-bond acceptors (Lipinski definition) is 2. The van der Waals surface area contributed by atoms with Crippen LogP contribution in [0.25, 0.3) is 0 Å². The molecular weight excluding hydrogens is 359 g/mol. The molecule has 0 heterocycles. The lowest BCUT2D eigenvalue weighted by Gasteiger charge is -2.13. The summed E-state index contributed by atoms with van der Waals surface area (Å²) in [4.78, 5) is 13.2. The van der Waals surface area contributed by atoms with Crippen LogP contribution in [-0.2, 0) is 6.18 Å². The second-order valence-electron chi connectivity index (χ2n) is 5.31. The maximum atomic E-state index is 12.9. The topological polar surface area (TPSA) is 29.1 Å². The third-order valence-electron chi connectivity index (χ3n) is 3.02. The molecule has 24 heavy (non-hydrogen) atoms. The highest BCUT2D eigenvalue weighted by Gasteiger charge is 2.33. The van der Waals surface area contributed by atoms with Crippen molar-refractivity contribution in [2.45, 2.75) is 30.2 Å². The number of carbonyl (C=O) groups excluding carboxylic acids is 1. The first kappa shape index (κ1) is 18.7. The van der Waals surface area contributed by atoms with E-state index >= 15 is 0 Å². The van der Waals surface area contributed by atoms with Crippen molar-refractivity contribution < 1.29 is 18.0 Å². The van der Waals surface area contributed by atoms with Crippen molar-refractivity contribution in [3.63, 3.8) is 0 Å². The Hall–Kier alpha value is -1.66. The van der Waals surface area contributed by atoms with Crippen molar-refractivity contribution in [2.24, 2.45) is 0 Å². The molecule has 0 saturated carbocycles. The van der Waals surface area contributed by atoms with E-state index in [1.165, 1.54) is 17.8 Å². The Bertz CT molecular complexity index is 747. The van der Waals surface area contributed by atoms with Gasteiger partial charge in [0, 0.05) is 15.8 Å². The Morgan fingerprint density at radius 3 is 2.46 bits per heavy atom. The van der Waals surface area contributed by atoms with Gasteiger partial charge in [-0.05, 0) is 30.3 Å². The minimum absolute atomic E-state index is 0.0427. The van der Waals surface area contributed by atoms with Crippen LogP contribution in [0.5, 0.6) is 0 Å². The fraction of sp³-hybridized carbons (Fsp3) is 0.235. The number of amides is 1. The van der Waals surface area contributed by atoms with Gasteiger partial charge in [0.25, 0.3) is 5.91 Å². The van der Waals surface area contributed by atoms with Gasteiger partial charge in [-0.1, -0.05) is 37.6 Å². The average molecular weight is 374 g/mol. The summed E-state index contributed by atoms with van der Waals surface area (Å²) in [5.41, 5.74) is -0.521. The van der Waals surface area contributed by atoms with Gasteiger partial charge in [-0.25, -0.2) is 0 Å². The van der Waals surface area contributed by atoms with Crippen LogP contribution >= 0.6 is 23.4 Å². The predicted octanol–water partition coefficient (Wildman–Crippen LogP) is 6.11. The van der Waals surface area contributed by atoms with Crippen LogP contribution in [0.3, 0.4) is 0 Å². The third-order valence-corrected chi connectivity index (χ3v) is 4.43. The third kappa shape index (κ3) is 4.68. The van der Waals surface area contributed by atoms with E-state index in [0.29, 0.717) is 5.56 Å². The SMILES string of the molecule is CC(C)Sc1ccccc1C(=O)Nc1ccc(Cl)c(C(F)(F)F)c1. The molecule has 2 aromatic carbocycles. The van der Waals surface area contributed by atoms with Gasteiger partial charge >= 0.3 is 6.18 Å². The lowest BCUT2D eigenvalue weighted by molar-refractivity contribution is -0.137. The minimum Gasteiger partial charge on any atom is -0.322 e. The Kier molecular flexibility index (Phi) is 5.83. The van der Waals surface area contributed by atoms with Crippen molar-refractivity contribution in [3.8, 4) is 0 Å². The monoisotopic (exact) mass is 373 g/mol. The van der Waals surface area contributed by atoms with Crippen LogP contribution in [0.2, 0.25) is 5.02 Å². The summed E-state index contributed by atoms with van der Waals surface area (Å²) < 4.78 is 38.7. The van der Waals surface area contributed by atoms with E-state index in [0.717, 1.165) is 17.0 Å². The number of halogens is 4. The van der Waals surface area contributed by atoms with Gasteiger partial charge in [0.15, 0.2) is 0 Å². The number of benzene rings is 2. The molecule has 0 bridgehead atoms. The van der Waals surface area contributed by atoms with E-state index in [4.69, 9.17) is 11.6 Å². The van der Waals surface area contributed by atoms with Crippen LogP contribution in [0.1, 0.15) is 29.8 Å². The van der Waals surface area contributed by atoms with Gasteiger partial charge in [-0.3, -0.25) is 4.79 Å². The van der Waals surface area contributed by atoms with Crippen molar-refractivity contribution in [1.29, 1.82) is 0 Å². The largest absolute Gasteiger partial charge is 0.417 e. The molecule has 0 aliphatic carbocycles. The van der Waals surface area contributed by atoms with E-state index < -0.39 is 22.7 Å². The summed E-state index contributed by atoms with van der Waals surface area (Å²) >= 11 is 7.09. The number of rotatable bonds is 4. The van der Waals surface area contributed by atoms with Crippen molar-refractivity contribution in [3.05, 3.63) is 58.6 Å². The summed E-state index contributed by atoms with van der Waals surface area (Å²) in [5, 5.41) is 2.36. The molecule has 2 rings (SSSR count). The van der Waals surface area contributed by atoms with Gasteiger partial charge in [-0.2, -0.15) is 13.2 Å². The number of hydrogen-bond donors (Lipinski definition) is 1. The van der Waals surface area contributed by atoms with Gasteiger partial charge in [-0.15, -0.1) is 11.8 Å². The van der Waals surface area contributed by atoms with Crippen LogP contribution in [0.4, 0.5) is 18.9 Å². The van der Waals surface area contributed by atoms with Crippen molar-refractivity contribution >= 4 is 35.0 Å². The summed E-state index contributed by atoms with van der Waals surface area (Å²) in [6.45, 7) is 3.99. The van der Waals surface area contributed by atoms with Crippen molar-refractivity contribution in [2.75, 3.05) is 5.32 Å². The first-order chi connectivity index (χ1) is 11.2. The maximum absolute atomic E-state index is 12.9. The zero-order chi connectivity index (χ0) is 17.9. The van der Waals surface area contributed by atoms with E-state index in [2.05, 4.69) is 5.32 Å². The number of nitrogens with one attached hydrogen (secondary N) is 1. The lowest BCUT2D eigenvalue weighted by Crippen LogP contribution is -2.14. The Morgan fingerprint density at radius 2 is 1.83 bits per heavy atom. The first-order valence-electron chi connectivity index (χ1n) is 7.12. The van der Waals surface area contributed by atoms with E-state index in [9.17, 15) is 18.0 Å². The number of thioether (sulfide) groups is 1. The summed E-state index contributed by atoms with van der Waals surface area (Å²) in [6, 6.07) is 10.3. The van der Waals surface area contributed by atoms with Crippen LogP contribution in [-0.4, -0.2) is 11.2 Å². The quantitative estimate of drug-likeness (QED) is 0.655. The van der Waals surface area contributed by atoms with Gasteiger partial charge < -0.3 is 5.32 Å². The molecule has 1 amide bonds. The summed E-state index contributed by atoms with van der Waals surface area (Å²) in [7, 11) is 0. The van der Waals surface area contributed by atoms with Gasteiger partial charge in [0.05, 0.1) is 16.1 Å². The molecule has 0 aromatic heterocycles. The Labute approximate surface area is 147 Å². The zero-order valence-electron chi connectivity index (χ0n) is 12.9. The molecule has 0 atom stereocenters. The molecule has 2 aromatic rings. The molecule has 2 nitrogen and oxygen atoms in total. The minimum atomic E-state index is -4.58.